The molecular formula is C21H33N3O3. The number of nitrogens with zero attached hydrogens (tertiary/aromatic N) is 3. The molecule has 1 amide bonds. The van der Waals surface area contributed by atoms with Crippen molar-refractivity contribution < 1.29 is 14.6 Å². The minimum absolute atomic E-state index is 0.0483. The maximum Gasteiger partial charge on any atom is 0.254 e. The average molecular weight is 376 g/mol. The van der Waals surface area contributed by atoms with Crippen molar-refractivity contribution in [3.63, 3.8) is 0 Å². The zero-order chi connectivity index (χ0) is 19.2. The number of hydrogen-bond acceptors (Lipinski definition) is 5. The topological polar surface area (TPSA) is 56.2 Å². The van der Waals surface area contributed by atoms with Crippen LogP contribution in [0.15, 0.2) is 30.3 Å². The van der Waals surface area contributed by atoms with Crippen LogP contribution in [-0.4, -0.2) is 90.8 Å². The van der Waals surface area contributed by atoms with Crippen molar-refractivity contribution in [1.29, 1.82) is 0 Å². The highest BCUT2D eigenvalue weighted by molar-refractivity contribution is 5.81. The molecule has 2 aliphatic heterocycles. The maximum atomic E-state index is 12.8. The van der Waals surface area contributed by atoms with Crippen molar-refractivity contribution in [2.24, 2.45) is 0 Å². The van der Waals surface area contributed by atoms with Gasteiger partial charge in [0.1, 0.15) is 0 Å². The number of likely N-dealkylation sites (N-methyl/N-ethyl adjacent to an activating group) is 2. The van der Waals surface area contributed by atoms with Crippen molar-refractivity contribution in [1.82, 2.24) is 14.7 Å². The van der Waals surface area contributed by atoms with Crippen LogP contribution in [0.3, 0.4) is 0 Å². The summed E-state index contributed by atoms with van der Waals surface area (Å²) in [6, 6.07) is 9.90. The van der Waals surface area contributed by atoms with Gasteiger partial charge in [-0.2, -0.15) is 0 Å². The summed E-state index contributed by atoms with van der Waals surface area (Å²) in [7, 11) is 3.93. The quantitative estimate of drug-likeness (QED) is 0.810. The molecule has 1 aromatic rings. The van der Waals surface area contributed by atoms with E-state index < -0.39 is 12.2 Å². The van der Waals surface area contributed by atoms with Gasteiger partial charge in [0.2, 0.25) is 0 Å². The lowest BCUT2D eigenvalue weighted by Gasteiger charge is -2.37. The van der Waals surface area contributed by atoms with Gasteiger partial charge in [0, 0.05) is 46.3 Å². The third kappa shape index (κ3) is 5.75. The fourth-order valence-electron chi connectivity index (χ4n) is 3.86. The molecule has 0 aromatic heterocycles. The van der Waals surface area contributed by atoms with Crippen LogP contribution >= 0.6 is 0 Å². The van der Waals surface area contributed by atoms with Gasteiger partial charge in [0.15, 0.2) is 6.10 Å². The molecule has 1 aromatic carbocycles. The second kappa shape index (κ2) is 9.64. The molecule has 2 heterocycles. The largest absolute Gasteiger partial charge is 0.390 e. The Balaban J connectivity index is 1.49. The molecule has 150 valence electrons. The van der Waals surface area contributed by atoms with Crippen LogP contribution in [0, 0.1) is 0 Å². The molecule has 6 nitrogen and oxygen atoms in total. The van der Waals surface area contributed by atoms with Crippen molar-refractivity contribution in [3.05, 3.63) is 35.9 Å². The lowest BCUT2D eigenvalue weighted by atomic mass is 9.98. The Labute approximate surface area is 162 Å². The summed E-state index contributed by atoms with van der Waals surface area (Å²) in [5.41, 5.74) is 1.07. The molecule has 3 unspecified atom stereocenters. The van der Waals surface area contributed by atoms with Crippen molar-refractivity contribution in [2.45, 2.75) is 44.1 Å². The van der Waals surface area contributed by atoms with E-state index in [9.17, 15) is 9.90 Å². The van der Waals surface area contributed by atoms with Crippen molar-refractivity contribution in [3.8, 4) is 0 Å². The number of benzene rings is 1. The van der Waals surface area contributed by atoms with Gasteiger partial charge in [-0.05, 0) is 31.9 Å². The van der Waals surface area contributed by atoms with E-state index in [2.05, 4.69) is 16.8 Å². The smallest absolute Gasteiger partial charge is 0.254 e. The Morgan fingerprint density at radius 1 is 1.19 bits per heavy atom. The fourth-order valence-corrected chi connectivity index (χ4v) is 3.86. The highest BCUT2D eigenvalue weighted by Gasteiger charge is 2.36. The number of carbonyl (C=O) groups is 1. The van der Waals surface area contributed by atoms with Gasteiger partial charge >= 0.3 is 0 Å². The van der Waals surface area contributed by atoms with E-state index in [1.54, 1.807) is 11.9 Å². The Bertz CT molecular complexity index is 590. The number of aliphatic hydroxyl groups is 1. The lowest BCUT2D eigenvalue weighted by Crippen LogP contribution is -2.50. The first-order valence-electron chi connectivity index (χ1n) is 10.1. The van der Waals surface area contributed by atoms with E-state index in [1.165, 1.54) is 0 Å². The van der Waals surface area contributed by atoms with Gasteiger partial charge in [-0.25, -0.2) is 0 Å². The Morgan fingerprint density at radius 3 is 2.59 bits per heavy atom. The van der Waals surface area contributed by atoms with Gasteiger partial charge in [-0.3, -0.25) is 4.79 Å². The Kier molecular flexibility index (Phi) is 7.24. The van der Waals surface area contributed by atoms with Crippen LogP contribution in [0.25, 0.3) is 0 Å². The SMILES string of the molecule is CN1CCN(CCC2CCC(O)C(C(=O)N(C)Cc3ccccc3)O2)CC1. The molecule has 2 fully saturated rings. The van der Waals surface area contributed by atoms with Crippen molar-refractivity contribution >= 4 is 5.91 Å². The Hall–Kier alpha value is -1.47. The zero-order valence-electron chi connectivity index (χ0n) is 16.6. The predicted molar refractivity (Wildman–Crippen MR) is 105 cm³/mol. The molecule has 6 heteroatoms. The molecule has 0 bridgehead atoms. The molecule has 2 aliphatic rings. The number of aliphatic hydroxyl groups excluding tert-OH is 1. The molecular weight excluding hydrogens is 342 g/mol. The molecule has 0 saturated carbocycles. The fraction of sp³-hybridized carbons (Fsp3) is 0.667. The number of piperazine rings is 1. The number of amides is 1. The first-order valence-corrected chi connectivity index (χ1v) is 10.1. The number of ether oxygens (including phenoxy) is 1. The van der Waals surface area contributed by atoms with E-state index in [0.29, 0.717) is 13.0 Å². The summed E-state index contributed by atoms with van der Waals surface area (Å²) >= 11 is 0. The molecule has 3 atom stereocenters. The van der Waals surface area contributed by atoms with Gasteiger partial charge in [-0.15, -0.1) is 0 Å². The van der Waals surface area contributed by atoms with E-state index in [4.69, 9.17) is 4.74 Å². The van der Waals surface area contributed by atoms with E-state index in [1.807, 2.05) is 30.3 Å². The summed E-state index contributed by atoms with van der Waals surface area (Å²) < 4.78 is 6.05. The molecule has 0 spiro atoms. The minimum Gasteiger partial charge on any atom is -0.390 e. The third-order valence-corrected chi connectivity index (χ3v) is 5.72. The number of carbonyl (C=O) groups excluding carboxylic acids is 1. The van der Waals surface area contributed by atoms with Gasteiger partial charge in [0.25, 0.3) is 5.91 Å². The monoisotopic (exact) mass is 375 g/mol. The van der Waals surface area contributed by atoms with Gasteiger partial charge < -0.3 is 24.5 Å². The first kappa shape index (κ1) is 20.3. The van der Waals surface area contributed by atoms with Crippen LogP contribution in [0.4, 0.5) is 0 Å². The molecule has 3 rings (SSSR count). The maximum absolute atomic E-state index is 12.8. The molecule has 0 radical (unpaired) electrons. The van der Waals surface area contributed by atoms with Gasteiger partial charge in [-0.1, -0.05) is 30.3 Å². The zero-order valence-corrected chi connectivity index (χ0v) is 16.6. The van der Waals surface area contributed by atoms with Crippen LogP contribution in [0.5, 0.6) is 0 Å². The average Bonchev–Trinajstić information content (AvgIpc) is 2.69. The number of rotatable bonds is 6. The highest BCUT2D eigenvalue weighted by atomic mass is 16.5. The second-order valence-corrected chi connectivity index (χ2v) is 7.94. The molecule has 27 heavy (non-hydrogen) atoms. The van der Waals surface area contributed by atoms with E-state index >= 15 is 0 Å². The Morgan fingerprint density at radius 2 is 1.89 bits per heavy atom. The number of hydrogen-bond donors (Lipinski definition) is 1. The summed E-state index contributed by atoms with van der Waals surface area (Å²) in [4.78, 5) is 19.3. The third-order valence-electron chi connectivity index (χ3n) is 5.72. The van der Waals surface area contributed by atoms with Crippen molar-refractivity contribution in [2.75, 3.05) is 46.8 Å². The van der Waals surface area contributed by atoms with Crippen LogP contribution in [0.2, 0.25) is 0 Å². The van der Waals surface area contributed by atoms with Crippen LogP contribution in [-0.2, 0) is 16.1 Å². The molecule has 2 saturated heterocycles. The summed E-state index contributed by atoms with van der Waals surface area (Å²) in [5, 5.41) is 10.3. The standard InChI is InChI=1S/C21H33N3O3/c1-22-12-14-24(15-13-22)11-10-18-8-9-19(25)20(27-18)21(26)23(2)16-17-6-4-3-5-7-17/h3-7,18-20,25H,8-16H2,1-2H3. The summed E-state index contributed by atoms with van der Waals surface area (Å²) in [5.74, 6) is -0.129. The van der Waals surface area contributed by atoms with E-state index in [-0.39, 0.29) is 12.0 Å². The lowest BCUT2D eigenvalue weighted by molar-refractivity contribution is -0.168. The first-order chi connectivity index (χ1) is 13.0. The van der Waals surface area contributed by atoms with Crippen LogP contribution < -0.4 is 0 Å². The van der Waals surface area contributed by atoms with E-state index in [0.717, 1.165) is 51.1 Å². The second-order valence-electron chi connectivity index (χ2n) is 7.94. The van der Waals surface area contributed by atoms with Crippen LogP contribution in [0.1, 0.15) is 24.8 Å². The van der Waals surface area contributed by atoms with Gasteiger partial charge in [0.05, 0.1) is 12.2 Å². The molecule has 1 N–H and O–H groups in total. The highest BCUT2D eigenvalue weighted by Crippen LogP contribution is 2.24. The summed E-state index contributed by atoms with van der Waals surface area (Å²) in [6.07, 6.45) is 0.958. The summed E-state index contributed by atoms with van der Waals surface area (Å²) in [6.45, 7) is 5.92. The molecule has 0 aliphatic carbocycles. The normalized spacial score (nSPS) is 27.4. The predicted octanol–water partition coefficient (Wildman–Crippen LogP) is 1.19. The minimum atomic E-state index is -0.745.